The summed E-state index contributed by atoms with van der Waals surface area (Å²) in [4.78, 5) is 14.6. The zero-order chi connectivity index (χ0) is 19.2. The fourth-order valence-corrected chi connectivity index (χ4v) is 3.36. The van der Waals surface area contributed by atoms with Crippen molar-refractivity contribution < 1.29 is 19.0 Å². The number of nitrogens with one attached hydrogen (secondary N) is 2. The van der Waals surface area contributed by atoms with Gasteiger partial charge in [0.15, 0.2) is 11.5 Å². The van der Waals surface area contributed by atoms with E-state index in [9.17, 15) is 4.79 Å². The van der Waals surface area contributed by atoms with Gasteiger partial charge in [0.1, 0.15) is 0 Å². The Kier molecular flexibility index (Phi) is 5.94. The van der Waals surface area contributed by atoms with Crippen molar-refractivity contribution >= 4 is 6.03 Å². The minimum atomic E-state index is -0.196. The summed E-state index contributed by atoms with van der Waals surface area (Å²) in [5, 5.41) is 5.84. The smallest absolute Gasteiger partial charge is 0.315 e. The van der Waals surface area contributed by atoms with Crippen LogP contribution in [-0.2, 0) is 24.4 Å². The molecule has 0 atom stereocenters. The molecule has 2 aliphatic heterocycles. The van der Waals surface area contributed by atoms with Crippen molar-refractivity contribution in [3.05, 3.63) is 59.2 Å². The molecule has 2 aromatic rings. The van der Waals surface area contributed by atoms with Crippen LogP contribution < -0.4 is 20.1 Å². The molecule has 4 rings (SSSR count). The lowest BCUT2D eigenvalue weighted by Gasteiger charge is -2.27. The van der Waals surface area contributed by atoms with Crippen LogP contribution in [0.5, 0.6) is 11.5 Å². The van der Waals surface area contributed by atoms with E-state index in [1.54, 1.807) is 0 Å². The zero-order valence-electron chi connectivity index (χ0n) is 15.8. The maximum atomic E-state index is 12.2. The van der Waals surface area contributed by atoms with Gasteiger partial charge in [0.05, 0.1) is 13.2 Å². The second-order valence-electron chi connectivity index (χ2n) is 6.88. The van der Waals surface area contributed by atoms with E-state index >= 15 is 0 Å². The van der Waals surface area contributed by atoms with Crippen LogP contribution in [0, 0.1) is 0 Å². The third-order valence-corrected chi connectivity index (χ3v) is 4.95. The minimum absolute atomic E-state index is 0.196. The first kappa shape index (κ1) is 18.6. The van der Waals surface area contributed by atoms with Crippen LogP contribution in [0.2, 0.25) is 0 Å². The van der Waals surface area contributed by atoms with Gasteiger partial charge in [-0.15, -0.1) is 0 Å². The van der Waals surface area contributed by atoms with Crippen molar-refractivity contribution in [1.82, 2.24) is 15.5 Å². The van der Waals surface area contributed by atoms with Gasteiger partial charge in [0.2, 0.25) is 6.79 Å². The van der Waals surface area contributed by atoms with Crippen LogP contribution >= 0.6 is 0 Å². The van der Waals surface area contributed by atoms with E-state index in [-0.39, 0.29) is 12.8 Å². The predicted octanol–water partition coefficient (Wildman–Crippen LogP) is 2.25. The predicted molar refractivity (Wildman–Crippen MR) is 104 cm³/mol. The Morgan fingerprint density at radius 1 is 0.929 bits per heavy atom. The lowest BCUT2D eigenvalue weighted by atomic mass is 10.1. The van der Waals surface area contributed by atoms with Crippen LogP contribution in [0.25, 0.3) is 0 Å². The van der Waals surface area contributed by atoms with E-state index in [1.165, 1.54) is 5.56 Å². The van der Waals surface area contributed by atoms with Gasteiger partial charge in [-0.3, -0.25) is 4.90 Å². The maximum absolute atomic E-state index is 12.2. The van der Waals surface area contributed by atoms with E-state index in [4.69, 9.17) is 14.2 Å². The number of nitrogens with zero attached hydrogens (tertiary/aromatic N) is 1. The Labute approximate surface area is 164 Å². The molecular weight excluding hydrogens is 358 g/mol. The Bertz CT molecular complexity index is 821. The number of benzene rings is 2. The van der Waals surface area contributed by atoms with Gasteiger partial charge in [-0.05, 0) is 28.8 Å². The molecule has 0 spiro atoms. The van der Waals surface area contributed by atoms with Crippen LogP contribution in [0.3, 0.4) is 0 Å². The number of hydrogen-bond acceptors (Lipinski definition) is 5. The largest absolute Gasteiger partial charge is 0.454 e. The molecule has 1 fully saturated rings. The molecule has 2 heterocycles. The van der Waals surface area contributed by atoms with Crippen molar-refractivity contribution in [3.63, 3.8) is 0 Å². The fourth-order valence-electron chi connectivity index (χ4n) is 3.36. The van der Waals surface area contributed by atoms with Gasteiger partial charge in [-0.1, -0.05) is 30.3 Å². The Hall–Kier alpha value is -2.77. The average Bonchev–Trinajstić information content (AvgIpc) is 3.20. The number of carbonyl (C=O) groups is 1. The van der Waals surface area contributed by atoms with Crippen LogP contribution in [0.4, 0.5) is 4.79 Å². The van der Waals surface area contributed by atoms with Crippen molar-refractivity contribution in [2.24, 2.45) is 0 Å². The number of rotatable bonds is 6. The van der Waals surface area contributed by atoms with Gasteiger partial charge in [-0.2, -0.15) is 0 Å². The second kappa shape index (κ2) is 8.95. The first-order valence-electron chi connectivity index (χ1n) is 9.55. The third-order valence-electron chi connectivity index (χ3n) is 4.95. The highest BCUT2D eigenvalue weighted by Crippen LogP contribution is 2.32. The molecule has 28 heavy (non-hydrogen) atoms. The summed E-state index contributed by atoms with van der Waals surface area (Å²) in [6.07, 6.45) is 0. The summed E-state index contributed by atoms with van der Waals surface area (Å²) in [7, 11) is 0. The van der Waals surface area contributed by atoms with E-state index in [2.05, 4.69) is 27.7 Å². The molecular formula is C21H25N3O4. The quantitative estimate of drug-likeness (QED) is 0.801. The number of ether oxygens (including phenoxy) is 3. The van der Waals surface area contributed by atoms with E-state index in [0.717, 1.165) is 55.5 Å². The minimum Gasteiger partial charge on any atom is -0.454 e. The SMILES string of the molecule is O=C(NCc1ccc2c(c1)OCO2)NCc1ccccc1CN1CCOCC1. The molecule has 1 saturated heterocycles. The topological polar surface area (TPSA) is 72.1 Å². The molecule has 148 valence electrons. The monoisotopic (exact) mass is 383 g/mol. The molecule has 7 nitrogen and oxygen atoms in total. The third kappa shape index (κ3) is 4.74. The van der Waals surface area contributed by atoms with Gasteiger partial charge in [0, 0.05) is 32.7 Å². The zero-order valence-corrected chi connectivity index (χ0v) is 15.8. The molecule has 0 unspecified atom stereocenters. The van der Waals surface area contributed by atoms with Crippen molar-refractivity contribution in [2.45, 2.75) is 19.6 Å². The molecule has 2 aromatic carbocycles. The highest BCUT2D eigenvalue weighted by molar-refractivity contribution is 5.73. The summed E-state index contributed by atoms with van der Waals surface area (Å²) in [5.74, 6) is 1.46. The molecule has 0 aromatic heterocycles. The standard InChI is InChI=1S/C21H25N3O4/c25-21(22-12-16-5-6-19-20(11-16)28-15-27-19)23-13-17-3-1-2-4-18(17)14-24-7-9-26-10-8-24/h1-6,11H,7-10,12-15H2,(H2,22,23,25). The molecule has 2 N–H and O–H groups in total. The lowest BCUT2D eigenvalue weighted by Crippen LogP contribution is -2.37. The van der Waals surface area contributed by atoms with Gasteiger partial charge in [0.25, 0.3) is 0 Å². The molecule has 0 bridgehead atoms. The molecule has 2 amide bonds. The maximum Gasteiger partial charge on any atom is 0.315 e. The molecule has 0 saturated carbocycles. The van der Waals surface area contributed by atoms with Crippen LogP contribution in [0.15, 0.2) is 42.5 Å². The van der Waals surface area contributed by atoms with E-state index < -0.39 is 0 Å². The molecule has 0 aliphatic carbocycles. The van der Waals surface area contributed by atoms with Crippen molar-refractivity contribution in [3.8, 4) is 11.5 Å². The number of morpholine rings is 1. The summed E-state index contributed by atoms with van der Waals surface area (Å²) < 4.78 is 16.1. The highest BCUT2D eigenvalue weighted by atomic mass is 16.7. The summed E-state index contributed by atoms with van der Waals surface area (Å²) in [5.41, 5.74) is 3.33. The summed E-state index contributed by atoms with van der Waals surface area (Å²) >= 11 is 0. The number of urea groups is 1. The number of amides is 2. The fraction of sp³-hybridized carbons (Fsp3) is 0.381. The first-order chi connectivity index (χ1) is 13.8. The number of hydrogen-bond donors (Lipinski definition) is 2. The molecule has 0 radical (unpaired) electrons. The van der Waals surface area contributed by atoms with Gasteiger partial charge < -0.3 is 24.8 Å². The Morgan fingerprint density at radius 2 is 1.68 bits per heavy atom. The van der Waals surface area contributed by atoms with E-state index in [1.807, 2.05) is 30.3 Å². The van der Waals surface area contributed by atoms with Gasteiger partial charge >= 0.3 is 6.03 Å². The molecule has 2 aliphatic rings. The average molecular weight is 383 g/mol. The number of fused-ring (bicyclic) bond motifs is 1. The van der Waals surface area contributed by atoms with Crippen molar-refractivity contribution in [1.29, 1.82) is 0 Å². The highest BCUT2D eigenvalue weighted by Gasteiger charge is 2.14. The second-order valence-corrected chi connectivity index (χ2v) is 6.88. The van der Waals surface area contributed by atoms with Crippen LogP contribution in [0.1, 0.15) is 16.7 Å². The lowest BCUT2D eigenvalue weighted by molar-refractivity contribution is 0.0341. The van der Waals surface area contributed by atoms with Crippen LogP contribution in [-0.4, -0.2) is 44.0 Å². The van der Waals surface area contributed by atoms with Crippen molar-refractivity contribution in [2.75, 3.05) is 33.1 Å². The summed E-state index contributed by atoms with van der Waals surface area (Å²) in [6, 6.07) is 13.7. The summed E-state index contributed by atoms with van der Waals surface area (Å²) in [6.45, 7) is 5.49. The van der Waals surface area contributed by atoms with E-state index in [0.29, 0.717) is 13.1 Å². The normalized spacial score (nSPS) is 16.0. The Morgan fingerprint density at radius 3 is 2.54 bits per heavy atom. The Balaban J connectivity index is 1.27. The molecule has 7 heteroatoms. The van der Waals surface area contributed by atoms with Gasteiger partial charge in [-0.25, -0.2) is 4.79 Å². The first-order valence-corrected chi connectivity index (χ1v) is 9.55. The number of carbonyl (C=O) groups excluding carboxylic acids is 1.